The zero-order valence-corrected chi connectivity index (χ0v) is 15.5. The van der Waals surface area contributed by atoms with Gasteiger partial charge in [-0.05, 0) is 48.6 Å². The molecule has 6 nitrogen and oxygen atoms in total. The van der Waals surface area contributed by atoms with Crippen LogP contribution < -0.4 is 19.7 Å². The van der Waals surface area contributed by atoms with E-state index in [0.29, 0.717) is 6.04 Å². The SMILES string of the molecule is COc1cc2c(cc1OC)CN(c1nccc(NC3CCCC3)n1)CC2. The second-order valence-electron chi connectivity index (χ2n) is 7.02. The zero-order chi connectivity index (χ0) is 17.9. The van der Waals surface area contributed by atoms with Gasteiger partial charge < -0.3 is 19.7 Å². The molecule has 2 aliphatic rings. The number of methoxy groups -OCH3 is 2. The van der Waals surface area contributed by atoms with Crippen molar-refractivity contribution in [2.75, 3.05) is 31.0 Å². The van der Waals surface area contributed by atoms with Crippen molar-refractivity contribution in [3.8, 4) is 11.5 Å². The molecule has 138 valence electrons. The summed E-state index contributed by atoms with van der Waals surface area (Å²) in [6.45, 7) is 1.68. The number of ether oxygens (including phenoxy) is 2. The highest BCUT2D eigenvalue weighted by atomic mass is 16.5. The van der Waals surface area contributed by atoms with Gasteiger partial charge in [0.1, 0.15) is 5.82 Å². The molecule has 0 spiro atoms. The third kappa shape index (κ3) is 3.41. The summed E-state index contributed by atoms with van der Waals surface area (Å²) in [7, 11) is 3.35. The van der Waals surface area contributed by atoms with E-state index < -0.39 is 0 Å². The number of rotatable bonds is 5. The standard InChI is InChI=1S/C20H26N4O2/c1-25-17-11-14-8-10-24(13-15(14)12-18(17)26-2)20-21-9-7-19(23-20)22-16-5-3-4-6-16/h7,9,11-12,16H,3-6,8,10,13H2,1-2H3,(H,21,22,23). The normalized spacial score (nSPS) is 17.1. The molecule has 4 rings (SSSR count). The number of anilines is 2. The summed E-state index contributed by atoms with van der Waals surface area (Å²) in [5.74, 6) is 3.28. The first-order chi connectivity index (χ1) is 12.8. The molecule has 26 heavy (non-hydrogen) atoms. The van der Waals surface area contributed by atoms with Crippen molar-refractivity contribution in [1.29, 1.82) is 0 Å². The molecule has 2 aromatic rings. The van der Waals surface area contributed by atoms with Gasteiger partial charge in [0.2, 0.25) is 5.95 Å². The Labute approximate surface area is 154 Å². The molecule has 2 heterocycles. The number of aromatic nitrogens is 2. The average molecular weight is 354 g/mol. The Bertz CT molecular complexity index is 774. The predicted octanol–water partition coefficient (Wildman–Crippen LogP) is 3.41. The van der Waals surface area contributed by atoms with Crippen LogP contribution in [0.25, 0.3) is 0 Å². The molecule has 0 unspecified atom stereocenters. The highest BCUT2D eigenvalue weighted by Crippen LogP contribution is 2.34. The lowest BCUT2D eigenvalue weighted by Gasteiger charge is -2.30. The van der Waals surface area contributed by atoms with Crippen LogP contribution in [0.1, 0.15) is 36.8 Å². The van der Waals surface area contributed by atoms with E-state index in [1.54, 1.807) is 14.2 Å². The van der Waals surface area contributed by atoms with Crippen LogP contribution in [0.15, 0.2) is 24.4 Å². The quantitative estimate of drug-likeness (QED) is 0.888. The minimum Gasteiger partial charge on any atom is -0.493 e. The fraction of sp³-hybridized carbons (Fsp3) is 0.500. The van der Waals surface area contributed by atoms with Gasteiger partial charge in [-0.15, -0.1) is 0 Å². The maximum atomic E-state index is 5.45. The highest BCUT2D eigenvalue weighted by molar-refractivity contribution is 5.51. The van der Waals surface area contributed by atoms with E-state index in [9.17, 15) is 0 Å². The van der Waals surface area contributed by atoms with Crippen LogP contribution in [-0.4, -0.2) is 36.8 Å². The zero-order valence-electron chi connectivity index (χ0n) is 15.5. The Morgan fingerprint density at radius 3 is 2.54 bits per heavy atom. The first-order valence-corrected chi connectivity index (χ1v) is 9.35. The van der Waals surface area contributed by atoms with E-state index in [2.05, 4.69) is 27.3 Å². The molecule has 1 aliphatic heterocycles. The fourth-order valence-corrected chi connectivity index (χ4v) is 3.91. The highest BCUT2D eigenvalue weighted by Gasteiger charge is 2.22. The number of hydrogen-bond acceptors (Lipinski definition) is 6. The van der Waals surface area contributed by atoms with Crippen molar-refractivity contribution in [3.63, 3.8) is 0 Å². The lowest BCUT2D eigenvalue weighted by atomic mass is 9.99. The Balaban J connectivity index is 1.53. The molecule has 0 saturated heterocycles. The fourth-order valence-electron chi connectivity index (χ4n) is 3.91. The molecule has 1 aliphatic carbocycles. The summed E-state index contributed by atoms with van der Waals surface area (Å²) in [6.07, 6.45) is 7.88. The smallest absolute Gasteiger partial charge is 0.227 e. The molecule has 1 N–H and O–H groups in total. The average Bonchev–Trinajstić information content (AvgIpc) is 3.19. The van der Waals surface area contributed by atoms with Crippen molar-refractivity contribution in [2.45, 2.75) is 44.7 Å². The van der Waals surface area contributed by atoms with Gasteiger partial charge in [0, 0.05) is 25.3 Å². The first kappa shape index (κ1) is 16.9. The molecule has 0 atom stereocenters. The first-order valence-electron chi connectivity index (χ1n) is 9.35. The Hall–Kier alpha value is -2.50. The summed E-state index contributed by atoms with van der Waals surface area (Å²) in [4.78, 5) is 11.5. The third-order valence-electron chi connectivity index (χ3n) is 5.35. The summed E-state index contributed by atoms with van der Waals surface area (Å²) in [5.41, 5.74) is 2.55. The van der Waals surface area contributed by atoms with Gasteiger partial charge in [-0.1, -0.05) is 12.8 Å². The van der Waals surface area contributed by atoms with Crippen molar-refractivity contribution in [1.82, 2.24) is 9.97 Å². The maximum Gasteiger partial charge on any atom is 0.227 e. The molecule has 0 amide bonds. The van der Waals surface area contributed by atoms with Gasteiger partial charge in [0.15, 0.2) is 11.5 Å². The summed E-state index contributed by atoms with van der Waals surface area (Å²) in [5, 5.41) is 3.56. The van der Waals surface area contributed by atoms with Gasteiger partial charge >= 0.3 is 0 Å². The maximum absolute atomic E-state index is 5.45. The van der Waals surface area contributed by atoms with Crippen LogP contribution in [0.3, 0.4) is 0 Å². The van der Waals surface area contributed by atoms with Crippen molar-refractivity contribution >= 4 is 11.8 Å². The topological polar surface area (TPSA) is 59.5 Å². The van der Waals surface area contributed by atoms with Gasteiger partial charge in [0.05, 0.1) is 14.2 Å². The van der Waals surface area contributed by atoms with Gasteiger partial charge in [-0.2, -0.15) is 4.98 Å². The van der Waals surface area contributed by atoms with Crippen molar-refractivity contribution in [3.05, 3.63) is 35.5 Å². The van der Waals surface area contributed by atoms with E-state index in [-0.39, 0.29) is 0 Å². The van der Waals surface area contributed by atoms with Crippen molar-refractivity contribution < 1.29 is 9.47 Å². The van der Waals surface area contributed by atoms with Crippen LogP contribution in [0.5, 0.6) is 11.5 Å². The molecular formula is C20H26N4O2. The summed E-state index contributed by atoms with van der Waals surface area (Å²) >= 11 is 0. The Kier molecular flexibility index (Phi) is 4.82. The van der Waals surface area contributed by atoms with Crippen LogP contribution in [0.4, 0.5) is 11.8 Å². The van der Waals surface area contributed by atoms with E-state index >= 15 is 0 Å². The molecule has 1 saturated carbocycles. The number of hydrogen-bond donors (Lipinski definition) is 1. The van der Waals surface area contributed by atoms with E-state index in [1.807, 2.05) is 12.3 Å². The van der Waals surface area contributed by atoms with Crippen LogP contribution in [0, 0.1) is 0 Å². The van der Waals surface area contributed by atoms with Crippen LogP contribution >= 0.6 is 0 Å². The minimum absolute atomic E-state index is 0.552. The van der Waals surface area contributed by atoms with E-state index in [4.69, 9.17) is 14.5 Å². The van der Waals surface area contributed by atoms with E-state index in [0.717, 1.165) is 42.8 Å². The lowest BCUT2D eigenvalue weighted by molar-refractivity contribution is 0.353. The molecule has 0 radical (unpaired) electrons. The summed E-state index contributed by atoms with van der Waals surface area (Å²) in [6, 6.07) is 6.68. The molecule has 6 heteroatoms. The number of nitrogens with one attached hydrogen (secondary N) is 1. The minimum atomic E-state index is 0.552. The second-order valence-corrected chi connectivity index (χ2v) is 7.02. The van der Waals surface area contributed by atoms with Crippen LogP contribution in [0.2, 0.25) is 0 Å². The molecule has 0 bridgehead atoms. The van der Waals surface area contributed by atoms with Gasteiger partial charge in [-0.3, -0.25) is 0 Å². The molecular weight excluding hydrogens is 328 g/mol. The molecule has 1 aromatic carbocycles. The predicted molar refractivity (Wildman–Crippen MR) is 102 cm³/mol. The van der Waals surface area contributed by atoms with E-state index in [1.165, 1.54) is 36.8 Å². The lowest BCUT2D eigenvalue weighted by Crippen LogP contribution is -2.32. The second kappa shape index (κ2) is 7.40. The largest absolute Gasteiger partial charge is 0.493 e. The third-order valence-corrected chi connectivity index (χ3v) is 5.35. The van der Waals surface area contributed by atoms with Crippen LogP contribution in [-0.2, 0) is 13.0 Å². The molecule has 1 fully saturated rings. The number of nitrogens with zero attached hydrogens (tertiary/aromatic N) is 3. The number of fused-ring (bicyclic) bond motifs is 1. The Morgan fingerprint density at radius 1 is 1.08 bits per heavy atom. The number of benzene rings is 1. The van der Waals surface area contributed by atoms with Crippen molar-refractivity contribution in [2.24, 2.45) is 0 Å². The Morgan fingerprint density at radius 2 is 1.81 bits per heavy atom. The summed E-state index contributed by atoms with van der Waals surface area (Å²) < 4.78 is 10.9. The monoisotopic (exact) mass is 354 g/mol. The van der Waals surface area contributed by atoms with Gasteiger partial charge in [-0.25, -0.2) is 4.98 Å². The molecule has 1 aromatic heterocycles. The van der Waals surface area contributed by atoms with Gasteiger partial charge in [0.25, 0.3) is 0 Å².